The zero-order valence-electron chi connectivity index (χ0n) is 9.23. The summed E-state index contributed by atoms with van der Waals surface area (Å²) in [5, 5.41) is 0. The lowest BCUT2D eigenvalue weighted by atomic mass is 9.99. The number of ether oxygens (including phenoxy) is 1. The van der Waals surface area contributed by atoms with Gasteiger partial charge in [-0.25, -0.2) is 4.79 Å². The maximum absolute atomic E-state index is 11.6. The monoisotopic (exact) mass is 230 g/mol. The molecular weight excluding hydrogens is 212 g/mol. The molecule has 0 saturated carbocycles. The van der Waals surface area contributed by atoms with E-state index in [1.54, 1.807) is 4.90 Å². The number of rotatable bonds is 2. The van der Waals surface area contributed by atoms with Gasteiger partial charge in [-0.1, -0.05) is 12.2 Å². The second kappa shape index (κ2) is 5.30. The molecule has 4 nitrogen and oxygen atoms in total. The molecule has 1 amide bonds. The van der Waals surface area contributed by atoms with Crippen molar-refractivity contribution in [1.29, 1.82) is 0 Å². The average molecular weight is 230 g/mol. The Balaban J connectivity index is 2.48. The minimum Gasteiger partial charge on any atom is -0.447 e. The van der Waals surface area contributed by atoms with Gasteiger partial charge in [0.25, 0.3) is 0 Å². The summed E-state index contributed by atoms with van der Waals surface area (Å²) in [6.07, 6.45) is 1.57. The summed E-state index contributed by atoms with van der Waals surface area (Å²) >= 11 is 4.94. The highest BCUT2D eigenvalue weighted by atomic mass is 32.1. The van der Waals surface area contributed by atoms with Crippen LogP contribution >= 0.6 is 12.2 Å². The predicted molar refractivity (Wildman–Crippen MR) is 62.7 cm³/mol. The van der Waals surface area contributed by atoms with Gasteiger partial charge in [0.05, 0.1) is 11.1 Å². The van der Waals surface area contributed by atoms with Gasteiger partial charge in [0.1, 0.15) is 0 Å². The zero-order chi connectivity index (χ0) is 11.4. The summed E-state index contributed by atoms with van der Waals surface area (Å²) in [6, 6.07) is 0. The van der Waals surface area contributed by atoms with Crippen LogP contribution in [0.5, 0.6) is 0 Å². The highest BCUT2D eigenvalue weighted by Crippen LogP contribution is 2.17. The predicted octanol–water partition coefficient (Wildman–Crippen LogP) is 1.53. The van der Waals surface area contributed by atoms with Crippen LogP contribution < -0.4 is 5.73 Å². The molecule has 15 heavy (non-hydrogen) atoms. The van der Waals surface area contributed by atoms with E-state index in [1.165, 1.54) is 0 Å². The third kappa shape index (κ3) is 3.66. The van der Waals surface area contributed by atoms with E-state index in [0.717, 1.165) is 19.4 Å². The summed E-state index contributed by atoms with van der Waals surface area (Å²) in [5.74, 6) is 0.147. The van der Waals surface area contributed by atoms with E-state index in [-0.39, 0.29) is 18.1 Å². The van der Waals surface area contributed by atoms with Crippen LogP contribution in [0.2, 0.25) is 0 Å². The molecule has 0 aromatic rings. The van der Waals surface area contributed by atoms with Gasteiger partial charge in [-0.2, -0.15) is 0 Å². The molecule has 1 rings (SSSR count). The van der Waals surface area contributed by atoms with Crippen LogP contribution in [0.25, 0.3) is 0 Å². The highest BCUT2D eigenvalue weighted by molar-refractivity contribution is 7.80. The Morgan fingerprint density at radius 3 is 2.80 bits per heavy atom. The first-order chi connectivity index (χ1) is 7.00. The first-order valence-corrected chi connectivity index (χ1v) is 5.66. The topological polar surface area (TPSA) is 55.6 Å². The molecule has 1 unspecified atom stereocenters. The van der Waals surface area contributed by atoms with Crippen LogP contribution in [0.1, 0.15) is 26.7 Å². The van der Waals surface area contributed by atoms with Crippen LogP contribution in [0.15, 0.2) is 0 Å². The van der Waals surface area contributed by atoms with E-state index in [0.29, 0.717) is 11.5 Å². The molecule has 0 spiro atoms. The summed E-state index contributed by atoms with van der Waals surface area (Å²) in [7, 11) is 0. The van der Waals surface area contributed by atoms with Crippen LogP contribution in [0.4, 0.5) is 4.79 Å². The molecule has 5 heteroatoms. The molecular formula is C10H18N2O2S. The van der Waals surface area contributed by atoms with E-state index in [1.807, 2.05) is 13.8 Å². The first-order valence-electron chi connectivity index (χ1n) is 5.25. The third-order valence-electron chi connectivity index (χ3n) is 2.42. The summed E-state index contributed by atoms with van der Waals surface area (Å²) < 4.78 is 5.12. The molecule has 1 saturated heterocycles. The fourth-order valence-corrected chi connectivity index (χ4v) is 1.84. The third-order valence-corrected chi connectivity index (χ3v) is 2.75. The van der Waals surface area contributed by atoms with Gasteiger partial charge in [-0.3, -0.25) is 0 Å². The van der Waals surface area contributed by atoms with Crippen molar-refractivity contribution in [2.24, 2.45) is 11.7 Å². The highest BCUT2D eigenvalue weighted by Gasteiger charge is 2.26. The van der Waals surface area contributed by atoms with Crippen LogP contribution in [0, 0.1) is 5.92 Å². The van der Waals surface area contributed by atoms with Crippen LogP contribution in [0.3, 0.4) is 0 Å². The van der Waals surface area contributed by atoms with Crippen LogP contribution in [-0.4, -0.2) is 35.2 Å². The van der Waals surface area contributed by atoms with Crippen molar-refractivity contribution in [1.82, 2.24) is 4.90 Å². The van der Waals surface area contributed by atoms with E-state index in [9.17, 15) is 4.79 Å². The lowest BCUT2D eigenvalue weighted by molar-refractivity contribution is 0.0676. The second-order valence-electron chi connectivity index (χ2n) is 4.12. The number of piperidine rings is 1. The van der Waals surface area contributed by atoms with Crippen molar-refractivity contribution in [3.8, 4) is 0 Å². The van der Waals surface area contributed by atoms with Gasteiger partial charge >= 0.3 is 6.09 Å². The molecule has 0 radical (unpaired) electrons. The molecule has 1 fully saturated rings. The Morgan fingerprint density at radius 1 is 1.60 bits per heavy atom. The quantitative estimate of drug-likeness (QED) is 0.731. The number of nitrogens with two attached hydrogens (primary N) is 1. The summed E-state index contributed by atoms with van der Waals surface area (Å²) in [4.78, 5) is 13.8. The normalized spacial score (nSPS) is 21.5. The number of likely N-dealkylation sites (tertiary alicyclic amines) is 1. The smallest absolute Gasteiger partial charge is 0.410 e. The molecule has 0 aromatic heterocycles. The molecule has 1 aliphatic rings. The largest absolute Gasteiger partial charge is 0.447 e. The molecule has 1 aliphatic heterocycles. The minimum absolute atomic E-state index is 0.0808. The number of hydrogen-bond acceptors (Lipinski definition) is 3. The second-order valence-corrected chi connectivity index (χ2v) is 4.59. The van der Waals surface area contributed by atoms with Crippen LogP contribution in [-0.2, 0) is 4.74 Å². The van der Waals surface area contributed by atoms with Gasteiger partial charge in [-0.05, 0) is 26.7 Å². The molecule has 1 heterocycles. The number of hydrogen-bond donors (Lipinski definition) is 1. The van der Waals surface area contributed by atoms with Gasteiger partial charge in [-0.15, -0.1) is 0 Å². The van der Waals surface area contributed by atoms with Gasteiger partial charge in [0.2, 0.25) is 0 Å². The van der Waals surface area contributed by atoms with Crippen molar-refractivity contribution in [2.45, 2.75) is 32.8 Å². The maximum Gasteiger partial charge on any atom is 0.410 e. The fraction of sp³-hybridized carbons (Fsp3) is 0.800. The minimum atomic E-state index is -0.258. The number of nitrogens with zero attached hydrogens (tertiary/aromatic N) is 1. The number of thiocarbonyl (C=S) groups is 1. The Hall–Kier alpha value is -0.840. The van der Waals surface area contributed by atoms with E-state index >= 15 is 0 Å². The number of carbonyl (C=O) groups is 1. The van der Waals surface area contributed by atoms with E-state index in [4.69, 9.17) is 22.7 Å². The Labute approximate surface area is 95.8 Å². The maximum atomic E-state index is 11.6. The van der Waals surface area contributed by atoms with Crippen molar-refractivity contribution in [2.75, 3.05) is 13.1 Å². The first kappa shape index (κ1) is 12.2. The Kier molecular flexibility index (Phi) is 4.32. The molecule has 0 bridgehead atoms. The van der Waals surface area contributed by atoms with Gasteiger partial charge < -0.3 is 15.4 Å². The lowest BCUT2D eigenvalue weighted by Crippen LogP contribution is -2.44. The number of amides is 1. The Bertz CT molecular complexity index is 256. The van der Waals surface area contributed by atoms with Gasteiger partial charge in [0, 0.05) is 19.0 Å². The molecule has 0 aromatic carbocycles. The molecule has 86 valence electrons. The number of carbonyl (C=O) groups excluding carboxylic acids is 1. The zero-order valence-corrected chi connectivity index (χ0v) is 10.0. The summed E-state index contributed by atoms with van der Waals surface area (Å²) in [6.45, 7) is 5.02. The molecule has 0 aliphatic carbocycles. The van der Waals surface area contributed by atoms with E-state index < -0.39 is 0 Å². The standard InChI is InChI=1S/C10H18N2O2S/c1-7(2)14-10(13)12-5-3-4-8(6-12)9(11)15/h7-8H,3-6H2,1-2H3,(H2,11,15). The molecule has 2 N–H and O–H groups in total. The summed E-state index contributed by atoms with van der Waals surface area (Å²) in [5.41, 5.74) is 5.58. The van der Waals surface area contributed by atoms with Crippen molar-refractivity contribution in [3.05, 3.63) is 0 Å². The SMILES string of the molecule is CC(C)OC(=O)N1CCCC(C(N)=S)C1. The Morgan fingerprint density at radius 2 is 2.27 bits per heavy atom. The molecule has 1 atom stereocenters. The van der Waals surface area contributed by atoms with Crippen molar-refractivity contribution >= 4 is 23.3 Å². The fourth-order valence-electron chi connectivity index (χ4n) is 1.65. The van der Waals surface area contributed by atoms with Crippen molar-refractivity contribution < 1.29 is 9.53 Å². The van der Waals surface area contributed by atoms with Crippen molar-refractivity contribution in [3.63, 3.8) is 0 Å². The lowest BCUT2D eigenvalue weighted by Gasteiger charge is -2.31. The van der Waals surface area contributed by atoms with Gasteiger partial charge in [0.15, 0.2) is 0 Å². The average Bonchev–Trinajstić information content (AvgIpc) is 2.17. The van der Waals surface area contributed by atoms with E-state index in [2.05, 4.69) is 0 Å².